The summed E-state index contributed by atoms with van der Waals surface area (Å²) < 4.78 is 11.5. The largest absolute Gasteiger partial charge is 0.378 e. The average molecular weight is 324 g/mol. The number of hydrogen-bond acceptors (Lipinski definition) is 5. The van der Waals surface area contributed by atoms with Crippen LogP contribution in [0.3, 0.4) is 0 Å². The molecule has 0 bridgehead atoms. The molecule has 3 unspecified atom stereocenters. The second kappa shape index (κ2) is 7.53. The summed E-state index contributed by atoms with van der Waals surface area (Å²) in [6.07, 6.45) is 5.85. The molecular formula is C16H24N2O3S. The third kappa shape index (κ3) is 3.67. The molecule has 5 nitrogen and oxygen atoms in total. The molecule has 6 heteroatoms. The topological polar surface area (TPSA) is 51.7 Å². The predicted octanol–water partition coefficient (Wildman–Crippen LogP) is 2.64. The van der Waals surface area contributed by atoms with Crippen LogP contribution in [0.5, 0.6) is 0 Å². The van der Waals surface area contributed by atoms with Gasteiger partial charge in [0, 0.05) is 30.6 Å². The van der Waals surface area contributed by atoms with Crippen LogP contribution in [0.1, 0.15) is 43.7 Å². The van der Waals surface area contributed by atoms with Crippen molar-refractivity contribution in [2.24, 2.45) is 5.92 Å². The zero-order valence-electron chi connectivity index (χ0n) is 13.1. The summed E-state index contributed by atoms with van der Waals surface area (Å²) >= 11 is 1.59. The first kappa shape index (κ1) is 15.9. The minimum absolute atomic E-state index is 0.0658. The summed E-state index contributed by atoms with van der Waals surface area (Å²) in [5.41, 5.74) is 0. The molecule has 3 heterocycles. The molecule has 3 atom stereocenters. The first-order valence-corrected chi connectivity index (χ1v) is 9.07. The van der Waals surface area contributed by atoms with Crippen molar-refractivity contribution >= 4 is 17.2 Å². The van der Waals surface area contributed by atoms with Crippen molar-refractivity contribution in [2.75, 3.05) is 26.3 Å². The molecule has 1 aromatic heterocycles. The van der Waals surface area contributed by atoms with Crippen molar-refractivity contribution < 1.29 is 14.3 Å². The van der Waals surface area contributed by atoms with E-state index in [0.29, 0.717) is 26.3 Å². The first-order valence-electron chi connectivity index (χ1n) is 8.19. The molecule has 3 rings (SSSR count). The molecule has 2 aliphatic rings. The highest BCUT2D eigenvalue weighted by atomic mass is 32.1. The van der Waals surface area contributed by atoms with Gasteiger partial charge in [-0.2, -0.15) is 0 Å². The molecule has 1 amide bonds. The van der Waals surface area contributed by atoms with E-state index < -0.39 is 0 Å². The predicted molar refractivity (Wildman–Crippen MR) is 84.8 cm³/mol. The fraction of sp³-hybridized carbons (Fsp3) is 0.750. The van der Waals surface area contributed by atoms with Gasteiger partial charge in [-0.15, -0.1) is 11.3 Å². The number of amides is 1. The molecule has 0 spiro atoms. The third-order valence-electron chi connectivity index (χ3n) is 4.43. The van der Waals surface area contributed by atoms with Gasteiger partial charge in [0.25, 0.3) is 0 Å². The SMILES string of the molecule is CCCC1CC(C(=O)N2CCOC(c3nccs3)C2)CCO1. The van der Waals surface area contributed by atoms with Gasteiger partial charge in [0.1, 0.15) is 11.1 Å². The number of thiazole rings is 1. The number of aromatic nitrogens is 1. The quantitative estimate of drug-likeness (QED) is 0.854. The van der Waals surface area contributed by atoms with Gasteiger partial charge in [0.2, 0.25) is 5.91 Å². The Labute approximate surface area is 135 Å². The summed E-state index contributed by atoms with van der Waals surface area (Å²) in [4.78, 5) is 19.1. The van der Waals surface area contributed by atoms with Gasteiger partial charge in [0.15, 0.2) is 0 Å². The number of carbonyl (C=O) groups is 1. The number of carbonyl (C=O) groups excluding carboxylic acids is 1. The lowest BCUT2D eigenvalue weighted by Gasteiger charge is -2.36. The summed E-state index contributed by atoms with van der Waals surface area (Å²) in [6, 6.07) is 0. The van der Waals surface area contributed by atoms with Crippen molar-refractivity contribution in [2.45, 2.75) is 44.8 Å². The van der Waals surface area contributed by atoms with Gasteiger partial charge >= 0.3 is 0 Å². The lowest BCUT2D eigenvalue weighted by atomic mass is 9.92. The van der Waals surface area contributed by atoms with Gasteiger partial charge in [-0.3, -0.25) is 4.79 Å². The van der Waals surface area contributed by atoms with E-state index in [1.165, 1.54) is 0 Å². The van der Waals surface area contributed by atoms with Crippen molar-refractivity contribution in [3.63, 3.8) is 0 Å². The van der Waals surface area contributed by atoms with E-state index >= 15 is 0 Å². The van der Waals surface area contributed by atoms with E-state index in [9.17, 15) is 4.79 Å². The van der Waals surface area contributed by atoms with E-state index in [0.717, 1.165) is 30.7 Å². The van der Waals surface area contributed by atoms with Gasteiger partial charge in [-0.1, -0.05) is 13.3 Å². The van der Waals surface area contributed by atoms with Crippen LogP contribution in [-0.4, -0.2) is 48.2 Å². The van der Waals surface area contributed by atoms with Gasteiger partial charge in [-0.25, -0.2) is 4.98 Å². The van der Waals surface area contributed by atoms with Gasteiger partial charge < -0.3 is 14.4 Å². The lowest BCUT2D eigenvalue weighted by Crippen LogP contribution is -2.46. The van der Waals surface area contributed by atoms with Crippen molar-refractivity contribution in [1.82, 2.24) is 9.88 Å². The van der Waals surface area contributed by atoms with Crippen LogP contribution in [0.25, 0.3) is 0 Å². The zero-order valence-corrected chi connectivity index (χ0v) is 13.9. The maximum Gasteiger partial charge on any atom is 0.226 e. The minimum atomic E-state index is -0.0658. The highest BCUT2D eigenvalue weighted by molar-refractivity contribution is 7.09. The maximum absolute atomic E-state index is 12.8. The van der Waals surface area contributed by atoms with Crippen LogP contribution in [0.15, 0.2) is 11.6 Å². The number of morpholine rings is 1. The lowest BCUT2D eigenvalue weighted by molar-refractivity contribution is -0.148. The second-order valence-electron chi connectivity index (χ2n) is 6.02. The Morgan fingerprint density at radius 2 is 2.36 bits per heavy atom. The average Bonchev–Trinajstić information content (AvgIpc) is 3.09. The molecular weight excluding hydrogens is 300 g/mol. The summed E-state index contributed by atoms with van der Waals surface area (Å²) in [6.45, 7) is 4.78. The van der Waals surface area contributed by atoms with E-state index in [1.54, 1.807) is 17.5 Å². The van der Waals surface area contributed by atoms with Crippen LogP contribution in [0, 0.1) is 5.92 Å². The van der Waals surface area contributed by atoms with E-state index in [-0.39, 0.29) is 24.0 Å². The van der Waals surface area contributed by atoms with Gasteiger partial charge in [0.05, 0.1) is 19.3 Å². The number of hydrogen-bond donors (Lipinski definition) is 0. The Bertz CT molecular complexity index is 478. The molecule has 1 aromatic rings. The van der Waals surface area contributed by atoms with Crippen LogP contribution in [0.4, 0.5) is 0 Å². The summed E-state index contributed by atoms with van der Waals surface area (Å²) in [7, 11) is 0. The van der Waals surface area contributed by atoms with Crippen LogP contribution < -0.4 is 0 Å². The van der Waals surface area contributed by atoms with Crippen molar-refractivity contribution in [1.29, 1.82) is 0 Å². The second-order valence-corrected chi connectivity index (χ2v) is 6.94. The van der Waals surface area contributed by atoms with Gasteiger partial charge in [-0.05, 0) is 19.3 Å². The molecule has 2 aliphatic heterocycles. The van der Waals surface area contributed by atoms with Crippen LogP contribution >= 0.6 is 11.3 Å². The Hall–Kier alpha value is -0.980. The first-order chi connectivity index (χ1) is 10.8. The standard InChI is InChI=1S/C16H24N2O3S/c1-2-3-13-10-12(4-7-20-13)16(19)18-6-8-21-14(11-18)15-17-5-9-22-15/h5,9,12-14H,2-4,6-8,10-11H2,1H3. The Kier molecular flexibility index (Phi) is 5.44. The molecule has 2 saturated heterocycles. The van der Waals surface area contributed by atoms with Crippen molar-refractivity contribution in [3.05, 3.63) is 16.6 Å². The highest BCUT2D eigenvalue weighted by Crippen LogP contribution is 2.28. The Morgan fingerprint density at radius 3 is 3.14 bits per heavy atom. The monoisotopic (exact) mass is 324 g/mol. The molecule has 122 valence electrons. The number of ether oxygens (including phenoxy) is 2. The van der Waals surface area contributed by atoms with E-state index in [2.05, 4.69) is 11.9 Å². The van der Waals surface area contributed by atoms with Crippen LogP contribution in [-0.2, 0) is 14.3 Å². The van der Waals surface area contributed by atoms with E-state index in [1.807, 2.05) is 10.3 Å². The summed E-state index contributed by atoms with van der Waals surface area (Å²) in [5, 5.41) is 2.92. The molecule has 2 fully saturated rings. The fourth-order valence-electron chi connectivity index (χ4n) is 3.28. The van der Waals surface area contributed by atoms with Crippen molar-refractivity contribution in [3.8, 4) is 0 Å². The molecule has 0 N–H and O–H groups in total. The van der Waals surface area contributed by atoms with E-state index in [4.69, 9.17) is 9.47 Å². The fourth-order valence-corrected chi connectivity index (χ4v) is 3.96. The van der Waals surface area contributed by atoms with Crippen LogP contribution in [0.2, 0.25) is 0 Å². The number of rotatable bonds is 4. The highest BCUT2D eigenvalue weighted by Gasteiger charge is 2.34. The molecule has 0 saturated carbocycles. The smallest absolute Gasteiger partial charge is 0.226 e. The number of nitrogens with zero attached hydrogens (tertiary/aromatic N) is 2. The normalized spacial score (nSPS) is 29.5. The molecule has 0 aliphatic carbocycles. The molecule has 0 radical (unpaired) electrons. The molecule has 0 aromatic carbocycles. The Balaban J connectivity index is 1.59. The summed E-state index contributed by atoms with van der Waals surface area (Å²) in [5.74, 6) is 0.384. The minimum Gasteiger partial charge on any atom is -0.378 e. The maximum atomic E-state index is 12.8. The Morgan fingerprint density at radius 1 is 1.45 bits per heavy atom. The third-order valence-corrected chi connectivity index (χ3v) is 5.30. The molecule has 22 heavy (non-hydrogen) atoms. The zero-order chi connectivity index (χ0) is 15.4.